The van der Waals surface area contributed by atoms with Gasteiger partial charge in [-0.1, -0.05) is 47.5 Å². The van der Waals surface area contributed by atoms with Crippen LogP contribution in [0.3, 0.4) is 0 Å². The molecule has 112 valence electrons. The summed E-state index contributed by atoms with van der Waals surface area (Å²) < 4.78 is 0. The van der Waals surface area contributed by atoms with Crippen LogP contribution in [0.2, 0.25) is 10.0 Å². The summed E-state index contributed by atoms with van der Waals surface area (Å²) in [6, 6.07) is 13.4. The van der Waals surface area contributed by atoms with Crippen molar-refractivity contribution in [3.05, 3.63) is 64.1 Å². The first-order chi connectivity index (χ1) is 10.6. The van der Waals surface area contributed by atoms with Crippen molar-refractivity contribution in [2.45, 2.75) is 0 Å². The van der Waals surface area contributed by atoms with Crippen molar-refractivity contribution in [1.82, 2.24) is 5.43 Å². The van der Waals surface area contributed by atoms with Gasteiger partial charge in [0.25, 0.3) is 0 Å². The van der Waals surface area contributed by atoms with E-state index in [1.807, 2.05) is 0 Å². The summed E-state index contributed by atoms with van der Waals surface area (Å²) in [5.74, 6) is -1.76. The number of amides is 2. The summed E-state index contributed by atoms with van der Waals surface area (Å²) in [4.78, 5) is 23.3. The van der Waals surface area contributed by atoms with Crippen molar-refractivity contribution in [3.63, 3.8) is 0 Å². The Balaban J connectivity index is 1.90. The lowest BCUT2D eigenvalue weighted by Gasteiger charge is -2.05. The number of nitrogens with zero attached hydrogens (tertiary/aromatic N) is 1. The van der Waals surface area contributed by atoms with Crippen molar-refractivity contribution in [3.8, 4) is 0 Å². The molecule has 0 aliphatic carbocycles. The highest BCUT2D eigenvalue weighted by Gasteiger charge is 2.13. The number of nitrogens with one attached hydrogen (secondary N) is 2. The van der Waals surface area contributed by atoms with Gasteiger partial charge in [0, 0.05) is 5.02 Å². The lowest BCUT2D eigenvalue weighted by Crippen LogP contribution is -2.32. The zero-order valence-electron chi connectivity index (χ0n) is 11.2. The molecule has 0 heterocycles. The normalized spacial score (nSPS) is 10.5. The zero-order chi connectivity index (χ0) is 15.9. The highest BCUT2D eigenvalue weighted by Crippen LogP contribution is 2.20. The number of hydrogen-bond donors (Lipinski definition) is 2. The van der Waals surface area contributed by atoms with Crippen LogP contribution in [0.25, 0.3) is 0 Å². The van der Waals surface area contributed by atoms with Gasteiger partial charge in [0.1, 0.15) is 0 Å². The van der Waals surface area contributed by atoms with Crippen LogP contribution < -0.4 is 10.7 Å². The van der Waals surface area contributed by atoms with Gasteiger partial charge >= 0.3 is 11.8 Å². The van der Waals surface area contributed by atoms with Crippen molar-refractivity contribution in [2.24, 2.45) is 5.10 Å². The minimum atomic E-state index is -0.898. The summed E-state index contributed by atoms with van der Waals surface area (Å²) in [6.07, 6.45) is 1.40. The number of anilines is 1. The number of carbonyl (C=O) groups is 2. The monoisotopic (exact) mass is 335 g/mol. The molecule has 5 nitrogen and oxygen atoms in total. The molecule has 0 atom stereocenters. The van der Waals surface area contributed by atoms with E-state index in [0.29, 0.717) is 15.7 Å². The maximum Gasteiger partial charge on any atom is 0.329 e. The zero-order valence-corrected chi connectivity index (χ0v) is 12.7. The van der Waals surface area contributed by atoms with Crippen molar-refractivity contribution < 1.29 is 9.59 Å². The molecule has 0 radical (unpaired) electrons. The Labute approximate surface area is 136 Å². The van der Waals surface area contributed by atoms with Crippen molar-refractivity contribution in [2.75, 3.05) is 5.32 Å². The van der Waals surface area contributed by atoms with E-state index in [1.165, 1.54) is 6.21 Å². The van der Waals surface area contributed by atoms with Crippen LogP contribution in [-0.4, -0.2) is 18.0 Å². The molecule has 2 aromatic rings. The van der Waals surface area contributed by atoms with Gasteiger partial charge < -0.3 is 5.32 Å². The molecular formula is C15H11Cl2N3O2. The van der Waals surface area contributed by atoms with Crippen LogP contribution in [-0.2, 0) is 9.59 Å². The highest BCUT2D eigenvalue weighted by atomic mass is 35.5. The van der Waals surface area contributed by atoms with Gasteiger partial charge in [-0.2, -0.15) is 5.10 Å². The van der Waals surface area contributed by atoms with Gasteiger partial charge in [-0.15, -0.1) is 0 Å². The second kappa shape index (κ2) is 7.59. The number of hydrazone groups is 1. The third-order valence-electron chi connectivity index (χ3n) is 2.58. The Morgan fingerprint density at radius 3 is 2.32 bits per heavy atom. The first kappa shape index (κ1) is 16.0. The number of benzene rings is 2. The Bertz CT molecular complexity index is 715. The molecule has 2 rings (SSSR count). The fraction of sp³-hybridized carbons (Fsp3) is 0. The first-order valence-electron chi connectivity index (χ1n) is 6.21. The molecule has 0 aliphatic rings. The van der Waals surface area contributed by atoms with Crippen LogP contribution in [0, 0.1) is 0 Å². The molecule has 0 aromatic heterocycles. The van der Waals surface area contributed by atoms with Crippen LogP contribution in [0.1, 0.15) is 5.56 Å². The second-order valence-corrected chi connectivity index (χ2v) is 5.03. The van der Waals surface area contributed by atoms with E-state index < -0.39 is 11.8 Å². The fourth-order valence-electron chi connectivity index (χ4n) is 1.51. The van der Waals surface area contributed by atoms with E-state index in [9.17, 15) is 9.59 Å². The molecule has 0 fully saturated rings. The molecule has 0 saturated carbocycles. The maximum absolute atomic E-state index is 11.7. The summed E-state index contributed by atoms with van der Waals surface area (Å²) in [6.45, 7) is 0. The summed E-state index contributed by atoms with van der Waals surface area (Å²) in [7, 11) is 0. The predicted octanol–water partition coefficient (Wildman–Crippen LogP) is 3.08. The third kappa shape index (κ3) is 4.58. The topological polar surface area (TPSA) is 70.6 Å². The van der Waals surface area contributed by atoms with Crippen molar-refractivity contribution in [1.29, 1.82) is 0 Å². The number of rotatable bonds is 3. The minimum Gasteiger partial charge on any atom is -0.316 e. The smallest absolute Gasteiger partial charge is 0.316 e. The number of carbonyl (C=O) groups excluding carboxylic acids is 2. The average molecular weight is 336 g/mol. The molecule has 22 heavy (non-hydrogen) atoms. The fourth-order valence-corrected chi connectivity index (χ4v) is 1.82. The van der Waals surface area contributed by atoms with E-state index in [1.54, 1.807) is 48.5 Å². The summed E-state index contributed by atoms with van der Waals surface area (Å²) in [5.41, 5.74) is 3.21. The second-order valence-electron chi connectivity index (χ2n) is 4.18. The van der Waals surface area contributed by atoms with E-state index in [-0.39, 0.29) is 0 Å². The lowest BCUT2D eigenvalue weighted by atomic mass is 10.2. The lowest BCUT2D eigenvalue weighted by molar-refractivity contribution is -0.136. The number of para-hydroxylation sites is 1. The molecule has 7 heteroatoms. The highest BCUT2D eigenvalue weighted by molar-refractivity contribution is 6.41. The minimum absolute atomic E-state index is 0.341. The van der Waals surface area contributed by atoms with E-state index in [4.69, 9.17) is 23.2 Å². The van der Waals surface area contributed by atoms with Crippen LogP contribution in [0.4, 0.5) is 5.69 Å². The Kier molecular flexibility index (Phi) is 5.52. The Hall–Kier alpha value is -2.37. The molecular weight excluding hydrogens is 325 g/mol. The van der Waals surface area contributed by atoms with E-state index >= 15 is 0 Å². The largest absolute Gasteiger partial charge is 0.329 e. The quantitative estimate of drug-likeness (QED) is 0.514. The Morgan fingerprint density at radius 2 is 1.64 bits per heavy atom. The number of hydrogen-bond acceptors (Lipinski definition) is 3. The maximum atomic E-state index is 11.7. The molecule has 0 spiro atoms. The molecule has 0 bridgehead atoms. The van der Waals surface area contributed by atoms with Gasteiger partial charge in [0.05, 0.1) is 16.9 Å². The predicted molar refractivity (Wildman–Crippen MR) is 87.3 cm³/mol. The van der Waals surface area contributed by atoms with Crippen molar-refractivity contribution >= 4 is 46.9 Å². The third-order valence-corrected chi connectivity index (χ3v) is 3.16. The molecule has 2 N–H and O–H groups in total. The molecule has 2 amide bonds. The molecule has 0 unspecified atom stereocenters. The molecule has 2 aromatic carbocycles. The molecule has 0 saturated heterocycles. The average Bonchev–Trinajstić information content (AvgIpc) is 2.51. The van der Waals surface area contributed by atoms with E-state index in [0.717, 1.165) is 5.56 Å². The van der Waals surface area contributed by atoms with Gasteiger partial charge in [0.2, 0.25) is 0 Å². The number of halogens is 2. The summed E-state index contributed by atoms with van der Waals surface area (Å²) in [5, 5.41) is 7.03. The molecule has 0 aliphatic heterocycles. The van der Waals surface area contributed by atoms with Gasteiger partial charge in [-0.05, 0) is 29.8 Å². The SMILES string of the molecule is O=C(N/N=C/c1ccc(Cl)cc1)C(=O)Nc1ccccc1Cl. The van der Waals surface area contributed by atoms with Crippen LogP contribution in [0.5, 0.6) is 0 Å². The van der Waals surface area contributed by atoms with E-state index in [2.05, 4.69) is 15.8 Å². The Morgan fingerprint density at radius 1 is 0.955 bits per heavy atom. The van der Waals surface area contributed by atoms with Crippen LogP contribution in [0.15, 0.2) is 53.6 Å². The van der Waals surface area contributed by atoms with Gasteiger partial charge in [-0.25, -0.2) is 5.43 Å². The van der Waals surface area contributed by atoms with Crippen LogP contribution >= 0.6 is 23.2 Å². The first-order valence-corrected chi connectivity index (χ1v) is 6.96. The standard InChI is InChI=1S/C15H11Cl2N3O2/c16-11-7-5-10(6-8-11)9-18-20-15(22)14(21)19-13-4-2-1-3-12(13)17/h1-9H,(H,19,21)(H,20,22)/b18-9+. The van der Waals surface area contributed by atoms with Gasteiger partial charge in [0.15, 0.2) is 0 Å². The van der Waals surface area contributed by atoms with Gasteiger partial charge in [-0.3, -0.25) is 9.59 Å². The summed E-state index contributed by atoms with van der Waals surface area (Å²) >= 11 is 11.6.